The number of benzene rings is 4. The summed E-state index contributed by atoms with van der Waals surface area (Å²) in [6.45, 7) is 25.9. The molecular weight excluding hydrogens is 745 g/mol. The van der Waals surface area contributed by atoms with Crippen molar-refractivity contribution in [2.45, 2.75) is 105 Å². The zero-order chi connectivity index (χ0) is 43.2. The molecule has 0 aliphatic carbocycles. The van der Waals surface area contributed by atoms with Crippen molar-refractivity contribution in [1.29, 1.82) is 0 Å². The molecule has 0 amide bonds. The molecule has 0 unspecified atom stereocenters. The van der Waals surface area contributed by atoms with Crippen LogP contribution < -0.4 is 22.9 Å². The Hall–Kier alpha value is -6.56. The van der Waals surface area contributed by atoms with E-state index in [0.717, 1.165) is 44.2 Å². The van der Waals surface area contributed by atoms with Crippen LogP contribution in [0.2, 0.25) is 0 Å². The van der Waals surface area contributed by atoms with Crippen molar-refractivity contribution < 1.29 is 0 Å². The first-order valence-electron chi connectivity index (χ1n) is 20.5. The Morgan fingerprint density at radius 1 is 0.350 bits per heavy atom. The van der Waals surface area contributed by atoms with Crippen molar-refractivity contribution in [3.8, 4) is 45.6 Å². The molecule has 4 aromatic carbocycles. The summed E-state index contributed by atoms with van der Waals surface area (Å²) < 4.78 is 0. The molecule has 60 heavy (non-hydrogen) atoms. The number of hydrogen-bond acceptors (Lipinski definition) is 10. The molecule has 0 saturated heterocycles. The minimum absolute atomic E-state index is 0.206. The molecule has 0 fully saturated rings. The van der Waals surface area contributed by atoms with E-state index in [4.69, 9.17) is 52.8 Å². The largest absolute Gasteiger partial charge is 0.398 e. The molecule has 0 spiro atoms. The van der Waals surface area contributed by atoms with Crippen LogP contribution in [0.25, 0.3) is 89.7 Å². The Balaban J connectivity index is 1.53. The zero-order valence-corrected chi connectivity index (χ0v) is 36.6. The number of nitrogens with one attached hydrogen (secondary N) is 2. The minimum atomic E-state index is -0.210. The lowest BCUT2D eigenvalue weighted by Crippen LogP contribution is -2.12. The molecule has 0 radical (unpaired) electrons. The highest BCUT2D eigenvalue weighted by molar-refractivity contribution is 6.13. The standard InChI is InChI=1S/C48H54N12/c1-45(2,3)21-13-25-33(29(49)17-21)41-53-37(25)57-42-34-26(14-22(18-30(34)50)46(4,5)6)39(54-42)59-44-36-28(16-24(20-32(36)52)48(10,11)12)40(56-44)60-43-35-27(38(55-43)58-41)15-23(19-31(35)51)47(7,8)9/h13-20H,49-52H2,1-12H3,(H2,53,54,55,56,57,58,59,60). The first-order chi connectivity index (χ1) is 27.9. The Kier molecular flexibility index (Phi) is 8.10. The maximum absolute atomic E-state index is 6.98. The third-order valence-electron chi connectivity index (χ3n) is 11.8. The number of rotatable bonds is 0. The van der Waals surface area contributed by atoms with E-state index >= 15 is 0 Å². The quantitative estimate of drug-likeness (QED) is 0.0798. The predicted octanol–water partition coefficient (Wildman–Crippen LogP) is 10.4. The van der Waals surface area contributed by atoms with Gasteiger partial charge in [-0.25, -0.2) is 29.9 Å². The van der Waals surface area contributed by atoms with Gasteiger partial charge in [0.1, 0.15) is 22.6 Å². The molecule has 306 valence electrons. The number of nitrogens with zero attached hydrogens (tertiary/aromatic N) is 6. The van der Waals surface area contributed by atoms with E-state index in [1.54, 1.807) is 0 Å². The van der Waals surface area contributed by atoms with Gasteiger partial charge in [-0.05, 0) is 92.4 Å². The summed E-state index contributed by atoms with van der Waals surface area (Å²) in [4.78, 5) is 38.4. The number of nitrogens with two attached hydrogens (primary N) is 4. The molecule has 10 N–H and O–H groups in total. The van der Waals surface area contributed by atoms with Crippen LogP contribution in [-0.2, 0) is 21.7 Å². The number of aromatic amines is 2. The van der Waals surface area contributed by atoms with Gasteiger partial charge in [-0.1, -0.05) is 83.1 Å². The van der Waals surface area contributed by atoms with Gasteiger partial charge in [0, 0.05) is 44.6 Å². The molecule has 0 atom stereocenters. The summed E-state index contributed by atoms with van der Waals surface area (Å²) in [5.74, 6) is 1.70. The van der Waals surface area contributed by atoms with Crippen LogP contribution in [0.1, 0.15) is 105 Å². The van der Waals surface area contributed by atoms with E-state index in [-0.39, 0.29) is 21.7 Å². The monoisotopic (exact) mass is 798 g/mol. The normalized spacial score (nSPS) is 13.3. The van der Waals surface area contributed by atoms with Gasteiger partial charge in [-0.15, -0.1) is 0 Å². The number of H-pyrrole nitrogens is 2. The van der Waals surface area contributed by atoms with Gasteiger partial charge in [0.2, 0.25) is 0 Å². The van der Waals surface area contributed by atoms with Gasteiger partial charge in [-0.2, -0.15) is 0 Å². The van der Waals surface area contributed by atoms with Crippen LogP contribution in [0.15, 0.2) is 48.5 Å². The Morgan fingerprint density at radius 3 is 0.983 bits per heavy atom. The maximum atomic E-state index is 6.98. The summed E-state index contributed by atoms with van der Waals surface area (Å²) >= 11 is 0. The fourth-order valence-corrected chi connectivity index (χ4v) is 8.16. The molecule has 8 bridgehead atoms. The van der Waals surface area contributed by atoms with E-state index in [1.165, 1.54) is 0 Å². The summed E-state index contributed by atoms with van der Waals surface area (Å²) in [6.07, 6.45) is 0. The molecule has 12 nitrogen and oxygen atoms in total. The lowest BCUT2D eigenvalue weighted by molar-refractivity contribution is 0.590. The minimum Gasteiger partial charge on any atom is -0.398 e. The highest BCUT2D eigenvalue weighted by atomic mass is 15.1. The molecule has 3 aromatic heterocycles. The van der Waals surface area contributed by atoms with E-state index in [0.29, 0.717) is 90.5 Å². The van der Waals surface area contributed by atoms with Crippen LogP contribution >= 0.6 is 0 Å². The number of aromatic nitrogens is 8. The Labute approximate surface area is 349 Å². The number of hydrogen-bond donors (Lipinski definition) is 6. The van der Waals surface area contributed by atoms with Crippen molar-refractivity contribution in [3.05, 3.63) is 70.8 Å². The SMILES string of the molecule is CC(C)(C)c1cc(N)c2c(c1)-c1nc-2nc2[nH]c(nc3nc(nc4[nH]c(n1)c1c(N)cc(C(C)(C)C)cc41)-c1c(N)cc(C(C)(C)C)cc1-3)c1c(N)cc(C(C)(C)C)cc21. The van der Waals surface area contributed by atoms with Gasteiger partial charge >= 0.3 is 0 Å². The fourth-order valence-electron chi connectivity index (χ4n) is 8.16. The average molecular weight is 799 g/mol. The predicted molar refractivity (Wildman–Crippen MR) is 249 cm³/mol. The van der Waals surface area contributed by atoms with Crippen LogP contribution in [0.3, 0.4) is 0 Å². The van der Waals surface area contributed by atoms with Gasteiger partial charge in [0.05, 0.1) is 21.9 Å². The smallest absolute Gasteiger partial charge is 0.166 e. The van der Waals surface area contributed by atoms with Crippen LogP contribution in [0.5, 0.6) is 0 Å². The summed E-state index contributed by atoms with van der Waals surface area (Å²) in [5, 5.41) is 3.02. The van der Waals surface area contributed by atoms with E-state index in [9.17, 15) is 0 Å². The number of fused-ring (bicyclic) bond motifs is 20. The highest BCUT2D eigenvalue weighted by Crippen LogP contribution is 2.45. The molecule has 5 heterocycles. The molecule has 2 aliphatic rings. The Bertz CT molecular complexity index is 2960. The summed E-state index contributed by atoms with van der Waals surface area (Å²) in [6, 6.07) is 16.5. The first-order valence-corrected chi connectivity index (χ1v) is 20.5. The molecule has 7 aromatic rings. The topological polar surface area (TPSA) is 213 Å². The number of anilines is 4. The highest BCUT2D eigenvalue weighted by Gasteiger charge is 2.30. The lowest BCUT2D eigenvalue weighted by Gasteiger charge is -2.21. The number of nitrogen functional groups attached to an aromatic ring is 4. The molecule has 12 heteroatoms. The van der Waals surface area contributed by atoms with E-state index in [2.05, 4.69) is 117 Å². The van der Waals surface area contributed by atoms with E-state index in [1.807, 2.05) is 24.3 Å². The van der Waals surface area contributed by atoms with Crippen molar-refractivity contribution in [2.75, 3.05) is 22.9 Å². The summed E-state index contributed by atoms with van der Waals surface area (Å²) in [7, 11) is 0. The molecule has 2 aliphatic heterocycles. The van der Waals surface area contributed by atoms with Gasteiger partial charge in [-0.3, -0.25) is 0 Å². The van der Waals surface area contributed by atoms with Crippen molar-refractivity contribution >= 4 is 66.9 Å². The first kappa shape index (κ1) is 38.9. The van der Waals surface area contributed by atoms with Gasteiger partial charge in [0.25, 0.3) is 0 Å². The molecular formula is C48H54N12. The van der Waals surface area contributed by atoms with Crippen molar-refractivity contribution in [1.82, 2.24) is 39.9 Å². The second-order valence-corrected chi connectivity index (χ2v) is 20.6. The third kappa shape index (κ3) is 6.19. The zero-order valence-electron chi connectivity index (χ0n) is 36.6. The van der Waals surface area contributed by atoms with E-state index < -0.39 is 0 Å². The maximum Gasteiger partial charge on any atom is 0.166 e. The van der Waals surface area contributed by atoms with Crippen LogP contribution in [0, 0.1) is 0 Å². The second-order valence-electron chi connectivity index (χ2n) is 20.6. The summed E-state index contributed by atoms with van der Waals surface area (Å²) in [5.41, 5.74) is 38.4. The van der Waals surface area contributed by atoms with Crippen LogP contribution in [0.4, 0.5) is 22.7 Å². The fraction of sp³-hybridized carbons (Fsp3) is 0.333. The van der Waals surface area contributed by atoms with Gasteiger partial charge < -0.3 is 32.9 Å². The lowest BCUT2D eigenvalue weighted by atomic mass is 9.84. The molecule has 9 rings (SSSR count). The average Bonchev–Trinajstić information content (AvgIpc) is 3.85. The van der Waals surface area contributed by atoms with Crippen LogP contribution in [-0.4, -0.2) is 39.9 Å². The van der Waals surface area contributed by atoms with Crippen molar-refractivity contribution in [3.63, 3.8) is 0 Å². The third-order valence-corrected chi connectivity index (χ3v) is 11.8. The van der Waals surface area contributed by atoms with Crippen molar-refractivity contribution in [2.24, 2.45) is 0 Å². The van der Waals surface area contributed by atoms with Gasteiger partial charge in [0.15, 0.2) is 23.3 Å². The Morgan fingerprint density at radius 2 is 0.650 bits per heavy atom. The molecule has 0 saturated carbocycles. The second kappa shape index (κ2) is 12.5.